The minimum Gasteiger partial charge on any atom is -0.505 e. The fraction of sp³-hybridized carbons (Fsp3) is 0.333. The van der Waals surface area contributed by atoms with Crippen LogP contribution >= 0.6 is 0 Å². The maximum Gasteiger partial charge on any atom is 0.147 e. The highest BCUT2D eigenvalue weighted by molar-refractivity contribution is 5.74. The van der Waals surface area contributed by atoms with Gasteiger partial charge >= 0.3 is 0 Å². The number of nitrogens with zero attached hydrogens (tertiary/aromatic N) is 3. The van der Waals surface area contributed by atoms with Crippen molar-refractivity contribution in [1.82, 2.24) is 15.0 Å². The molecule has 33 heavy (non-hydrogen) atoms. The van der Waals surface area contributed by atoms with Crippen LogP contribution in [0.2, 0.25) is 0 Å². The van der Waals surface area contributed by atoms with Gasteiger partial charge in [-0.15, -0.1) is 15.0 Å². The van der Waals surface area contributed by atoms with Crippen LogP contribution in [0.15, 0.2) is 60.7 Å². The van der Waals surface area contributed by atoms with Crippen molar-refractivity contribution in [3.8, 4) is 17.2 Å². The molecule has 0 radical (unpaired) electrons. The first-order valence-corrected chi connectivity index (χ1v) is 11.2. The lowest BCUT2D eigenvalue weighted by Gasteiger charge is -2.30. The number of rotatable bonds is 6. The number of aliphatic hydroxyl groups is 1. The summed E-state index contributed by atoms with van der Waals surface area (Å²) in [6, 6.07) is 19.5. The van der Waals surface area contributed by atoms with Crippen molar-refractivity contribution in [2.24, 2.45) is 0 Å². The van der Waals surface area contributed by atoms with Crippen LogP contribution in [-0.4, -0.2) is 38.4 Å². The Kier molecular flexibility index (Phi) is 5.89. The van der Waals surface area contributed by atoms with E-state index in [1.165, 1.54) is 4.80 Å². The van der Waals surface area contributed by atoms with E-state index in [1.54, 1.807) is 0 Å². The highest BCUT2D eigenvalue weighted by Crippen LogP contribution is 2.42. The van der Waals surface area contributed by atoms with Crippen LogP contribution in [0.3, 0.4) is 0 Å². The van der Waals surface area contributed by atoms with Crippen LogP contribution < -0.4 is 4.74 Å². The lowest BCUT2D eigenvalue weighted by Crippen LogP contribution is -2.22. The van der Waals surface area contributed by atoms with Gasteiger partial charge in [0.25, 0.3) is 0 Å². The number of benzene rings is 3. The summed E-state index contributed by atoms with van der Waals surface area (Å²) < 4.78 is 5.50. The average molecular weight is 446 g/mol. The lowest BCUT2D eigenvalue weighted by molar-refractivity contribution is 0.201. The molecule has 0 unspecified atom stereocenters. The molecule has 0 aliphatic heterocycles. The zero-order valence-corrected chi connectivity index (χ0v) is 19.8. The van der Waals surface area contributed by atoms with Crippen molar-refractivity contribution in [2.45, 2.75) is 45.4 Å². The van der Waals surface area contributed by atoms with Crippen LogP contribution in [0, 0.1) is 0 Å². The average Bonchev–Trinajstić information content (AvgIpc) is 3.21. The maximum absolute atomic E-state index is 11.5. The highest BCUT2D eigenvalue weighted by Gasteiger charge is 2.31. The summed E-state index contributed by atoms with van der Waals surface area (Å²) in [7, 11) is 0. The normalized spacial score (nSPS) is 12.3. The molecule has 6 heteroatoms. The number of phenols is 1. The van der Waals surface area contributed by atoms with Crippen molar-refractivity contribution >= 4 is 11.0 Å². The number of aliphatic hydroxyl groups excluding tert-OH is 1. The number of aromatic nitrogens is 3. The number of hydrogen-bond donors (Lipinski definition) is 2. The fourth-order valence-electron chi connectivity index (χ4n) is 3.94. The molecule has 4 aromatic rings. The molecule has 0 spiro atoms. The zero-order chi connectivity index (χ0) is 23.8. The molecule has 0 aliphatic rings. The van der Waals surface area contributed by atoms with Crippen molar-refractivity contribution in [1.29, 1.82) is 0 Å². The Bertz CT molecular complexity index is 1240. The van der Waals surface area contributed by atoms with E-state index in [2.05, 4.69) is 50.9 Å². The third-order valence-corrected chi connectivity index (χ3v) is 6.07. The van der Waals surface area contributed by atoms with E-state index in [0.29, 0.717) is 11.4 Å². The molecule has 0 saturated heterocycles. The van der Waals surface area contributed by atoms with Crippen molar-refractivity contribution in [2.75, 3.05) is 13.2 Å². The van der Waals surface area contributed by atoms with Gasteiger partial charge in [-0.25, -0.2) is 0 Å². The van der Waals surface area contributed by atoms with Gasteiger partial charge in [0.05, 0.1) is 6.61 Å². The molecule has 1 heterocycles. The predicted molar refractivity (Wildman–Crippen MR) is 130 cm³/mol. The van der Waals surface area contributed by atoms with Crippen LogP contribution in [0.25, 0.3) is 16.7 Å². The standard InChI is InChI=1S/C27H31N3O3/c1-26(2,3)19-16-21(27(4,5)18-10-12-20(13-11-18)33-15-14-31)25(32)24(17-19)30-28-22-8-6-7-9-23(22)29-30/h6-13,16-17,31-32H,14-15H2,1-5H3. The lowest BCUT2D eigenvalue weighted by atomic mass is 9.75. The van der Waals surface area contributed by atoms with Gasteiger partial charge in [-0.05, 0) is 46.9 Å². The predicted octanol–water partition coefficient (Wildman–Crippen LogP) is 5.12. The van der Waals surface area contributed by atoms with Crippen molar-refractivity contribution in [3.63, 3.8) is 0 Å². The number of fused-ring (bicyclic) bond motifs is 1. The van der Waals surface area contributed by atoms with Gasteiger partial charge in [-0.3, -0.25) is 0 Å². The summed E-state index contributed by atoms with van der Waals surface area (Å²) in [5.41, 5.74) is 4.39. The SMILES string of the molecule is CC(C)(C)c1cc(-n2nc3ccccc3n2)c(O)c(C(C)(C)c2ccc(OCCO)cc2)c1. The minimum atomic E-state index is -0.498. The Hall–Kier alpha value is -3.38. The van der Waals surface area contributed by atoms with E-state index >= 15 is 0 Å². The summed E-state index contributed by atoms with van der Waals surface area (Å²) in [6.45, 7) is 10.9. The molecule has 0 bridgehead atoms. The molecule has 172 valence electrons. The summed E-state index contributed by atoms with van der Waals surface area (Å²) in [5, 5.41) is 29.7. The Labute approximate surface area is 194 Å². The highest BCUT2D eigenvalue weighted by atomic mass is 16.5. The first-order chi connectivity index (χ1) is 15.6. The molecule has 2 N–H and O–H groups in total. The maximum atomic E-state index is 11.5. The van der Waals surface area contributed by atoms with Gasteiger partial charge in [0.1, 0.15) is 34.8 Å². The number of ether oxygens (including phenoxy) is 1. The van der Waals surface area contributed by atoms with E-state index < -0.39 is 5.41 Å². The van der Waals surface area contributed by atoms with Gasteiger partial charge in [0, 0.05) is 11.0 Å². The monoisotopic (exact) mass is 445 g/mol. The summed E-state index contributed by atoms with van der Waals surface area (Å²) in [6.07, 6.45) is 0. The molecule has 1 aromatic heterocycles. The zero-order valence-electron chi connectivity index (χ0n) is 19.8. The van der Waals surface area contributed by atoms with Crippen molar-refractivity contribution < 1.29 is 14.9 Å². The van der Waals surface area contributed by atoms with Gasteiger partial charge < -0.3 is 14.9 Å². The van der Waals surface area contributed by atoms with Crippen LogP contribution in [0.1, 0.15) is 51.3 Å². The topological polar surface area (TPSA) is 80.4 Å². The second-order valence-electron chi connectivity index (χ2n) is 9.84. The smallest absolute Gasteiger partial charge is 0.147 e. The summed E-state index contributed by atoms with van der Waals surface area (Å²) in [5.74, 6) is 0.860. The molecule has 0 saturated carbocycles. The summed E-state index contributed by atoms with van der Waals surface area (Å²) in [4.78, 5) is 1.53. The summed E-state index contributed by atoms with van der Waals surface area (Å²) >= 11 is 0. The van der Waals surface area contributed by atoms with Crippen molar-refractivity contribution in [3.05, 3.63) is 77.4 Å². The van der Waals surface area contributed by atoms with E-state index in [-0.39, 0.29) is 24.4 Å². The molecule has 0 atom stereocenters. The van der Waals surface area contributed by atoms with Crippen LogP contribution in [0.4, 0.5) is 0 Å². The van der Waals surface area contributed by atoms with Crippen LogP contribution in [0.5, 0.6) is 11.5 Å². The number of aromatic hydroxyl groups is 1. The quantitative estimate of drug-likeness (QED) is 0.431. The second kappa shape index (κ2) is 8.52. The molecule has 4 rings (SSSR count). The van der Waals surface area contributed by atoms with E-state index in [9.17, 15) is 5.11 Å². The third kappa shape index (κ3) is 4.44. The first-order valence-electron chi connectivity index (χ1n) is 11.2. The molecule has 0 fully saturated rings. The Balaban J connectivity index is 1.85. The van der Waals surface area contributed by atoms with Crippen LogP contribution in [-0.2, 0) is 10.8 Å². The Morgan fingerprint density at radius 3 is 2.00 bits per heavy atom. The largest absolute Gasteiger partial charge is 0.505 e. The first kappa shape index (κ1) is 22.8. The Morgan fingerprint density at radius 1 is 0.848 bits per heavy atom. The van der Waals surface area contributed by atoms with Gasteiger partial charge in [0.15, 0.2) is 0 Å². The fourth-order valence-corrected chi connectivity index (χ4v) is 3.94. The van der Waals surface area contributed by atoms with Gasteiger partial charge in [-0.1, -0.05) is 65.0 Å². The van der Waals surface area contributed by atoms with E-state index in [1.807, 2.05) is 54.6 Å². The van der Waals surface area contributed by atoms with E-state index in [4.69, 9.17) is 9.84 Å². The molecular formula is C27H31N3O3. The van der Waals surface area contributed by atoms with Gasteiger partial charge in [0.2, 0.25) is 0 Å². The molecule has 6 nitrogen and oxygen atoms in total. The molecular weight excluding hydrogens is 414 g/mol. The minimum absolute atomic E-state index is 0.0278. The molecule has 3 aromatic carbocycles. The molecule has 0 amide bonds. The third-order valence-electron chi connectivity index (χ3n) is 6.07. The van der Waals surface area contributed by atoms with E-state index in [0.717, 1.165) is 27.7 Å². The molecule has 0 aliphatic carbocycles. The Morgan fingerprint density at radius 2 is 1.45 bits per heavy atom. The number of hydrogen-bond acceptors (Lipinski definition) is 5. The number of phenolic OH excluding ortho intramolecular Hbond substituents is 1. The van der Waals surface area contributed by atoms with Gasteiger partial charge in [-0.2, -0.15) is 0 Å². The second-order valence-corrected chi connectivity index (χ2v) is 9.84.